The average molecular weight is 337 g/mol. The third-order valence-electron chi connectivity index (χ3n) is 3.72. The number of benzene rings is 1. The number of pyridine rings is 1. The second-order valence-electron chi connectivity index (χ2n) is 5.15. The third kappa shape index (κ3) is 2.42. The van der Waals surface area contributed by atoms with Crippen molar-refractivity contribution in [3.8, 4) is 11.5 Å². The molecule has 0 fully saturated rings. The summed E-state index contributed by atoms with van der Waals surface area (Å²) in [6.45, 7) is 4.66. The highest BCUT2D eigenvalue weighted by Crippen LogP contribution is 2.38. The average Bonchev–Trinajstić information content (AvgIpc) is 2.91. The minimum atomic E-state index is 0.291. The number of anilines is 1. The Morgan fingerprint density at radius 2 is 2.05 bits per heavy atom. The molecule has 0 bridgehead atoms. The number of hydrogen-bond donors (Lipinski definition) is 1. The van der Waals surface area contributed by atoms with Gasteiger partial charge < -0.3 is 14.8 Å². The molecule has 4 nitrogen and oxygen atoms in total. The maximum absolute atomic E-state index is 5.45. The van der Waals surface area contributed by atoms with Gasteiger partial charge in [0.05, 0.1) is 0 Å². The van der Waals surface area contributed by atoms with Crippen LogP contribution >= 0.6 is 15.9 Å². The van der Waals surface area contributed by atoms with Gasteiger partial charge in [-0.25, -0.2) is 4.98 Å². The summed E-state index contributed by atoms with van der Waals surface area (Å²) in [4.78, 5) is 4.47. The largest absolute Gasteiger partial charge is 0.454 e. The van der Waals surface area contributed by atoms with Gasteiger partial charge in [0.15, 0.2) is 11.5 Å². The summed E-state index contributed by atoms with van der Waals surface area (Å²) in [6.07, 6.45) is 1.82. The Labute approximate surface area is 126 Å². The van der Waals surface area contributed by atoms with E-state index in [4.69, 9.17) is 9.47 Å². The molecular weight excluding hydrogens is 320 g/mol. The summed E-state index contributed by atoms with van der Waals surface area (Å²) in [5.41, 5.74) is 0. The summed E-state index contributed by atoms with van der Waals surface area (Å²) in [7, 11) is 0. The Kier molecular flexibility index (Phi) is 3.70. The molecule has 1 aromatic heterocycles. The monoisotopic (exact) mass is 336 g/mol. The first-order valence-electron chi connectivity index (χ1n) is 6.70. The van der Waals surface area contributed by atoms with Crippen molar-refractivity contribution in [1.82, 2.24) is 4.98 Å². The van der Waals surface area contributed by atoms with Gasteiger partial charge in [-0.2, -0.15) is 0 Å². The van der Waals surface area contributed by atoms with Crippen molar-refractivity contribution in [1.29, 1.82) is 0 Å². The molecule has 2 aromatic rings. The van der Waals surface area contributed by atoms with E-state index in [0.29, 0.717) is 18.8 Å². The van der Waals surface area contributed by atoms with Crippen molar-refractivity contribution in [3.63, 3.8) is 0 Å². The summed E-state index contributed by atoms with van der Waals surface area (Å²) in [5, 5.41) is 6.61. The minimum Gasteiger partial charge on any atom is -0.454 e. The molecule has 2 atom stereocenters. The topological polar surface area (TPSA) is 43.4 Å². The van der Waals surface area contributed by atoms with E-state index in [0.717, 1.165) is 33.4 Å². The molecule has 0 aliphatic carbocycles. The van der Waals surface area contributed by atoms with E-state index in [1.165, 1.54) is 0 Å². The number of nitrogens with zero attached hydrogens (tertiary/aromatic N) is 1. The van der Waals surface area contributed by atoms with Crippen LogP contribution in [0, 0.1) is 5.92 Å². The number of alkyl halides is 1. The van der Waals surface area contributed by atoms with Gasteiger partial charge in [-0.15, -0.1) is 0 Å². The van der Waals surface area contributed by atoms with Crippen LogP contribution in [0.5, 0.6) is 11.5 Å². The number of ether oxygens (including phenoxy) is 2. The summed E-state index contributed by atoms with van der Waals surface area (Å²) in [5.74, 6) is 2.99. The molecule has 1 aromatic carbocycles. The molecule has 0 saturated heterocycles. The van der Waals surface area contributed by atoms with E-state index in [-0.39, 0.29) is 0 Å². The van der Waals surface area contributed by atoms with E-state index >= 15 is 0 Å². The van der Waals surface area contributed by atoms with Crippen LogP contribution in [0.1, 0.15) is 13.8 Å². The van der Waals surface area contributed by atoms with Gasteiger partial charge in [0.25, 0.3) is 0 Å². The molecule has 1 aliphatic heterocycles. The van der Waals surface area contributed by atoms with Crippen molar-refractivity contribution in [2.45, 2.75) is 19.9 Å². The van der Waals surface area contributed by atoms with Crippen molar-refractivity contribution in [2.75, 3.05) is 17.4 Å². The SMILES string of the molecule is CC(CBr)C(C)Nc1nccc2cc3c(cc12)OCO3. The van der Waals surface area contributed by atoms with E-state index in [2.05, 4.69) is 40.1 Å². The lowest BCUT2D eigenvalue weighted by molar-refractivity contribution is 0.174. The molecule has 20 heavy (non-hydrogen) atoms. The first kappa shape index (κ1) is 13.5. The number of rotatable bonds is 4. The van der Waals surface area contributed by atoms with Gasteiger partial charge in [0, 0.05) is 23.0 Å². The molecule has 0 spiro atoms. The van der Waals surface area contributed by atoms with Gasteiger partial charge in [0.2, 0.25) is 6.79 Å². The smallest absolute Gasteiger partial charge is 0.231 e. The van der Waals surface area contributed by atoms with Gasteiger partial charge in [0.1, 0.15) is 5.82 Å². The van der Waals surface area contributed by atoms with Gasteiger partial charge in [-0.05, 0) is 36.4 Å². The van der Waals surface area contributed by atoms with Crippen molar-refractivity contribution < 1.29 is 9.47 Å². The van der Waals surface area contributed by atoms with Crippen LogP contribution in [0.4, 0.5) is 5.82 Å². The summed E-state index contributed by atoms with van der Waals surface area (Å²) >= 11 is 3.52. The van der Waals surface area contributed by atoms with Gasteiger partial charge in [-0.1, -0.05) is 22.9 Å². The Morgan fingerprint density at radius 3 is 2.80 bits per heavy atom. The van der Waals surface area contributed by atoms with E-state index in [1.807, 2.05) is 24.4 Å². The maximum atomic E-state index is 5.45. The predicted molar refractivity (Wildman–Crippen MR) is 83.9 cm³/mol. The highest BCUT2D eigenvalue weighted by atomic mass is 79.9. The molecule has 0 saturated carbocycles. The number of hydrogen-bond acceptors (Lipinski definition) is 4. The Bertz CT molecular complexity index is 633. The molecule has 2 heterocycles. The molecule has 106 valence electrons. The first-order valence-corrected chi connectivity index (χ1v) is 7.82. The fourth-order valence-corrected chi connectivity index (χ4v) is 2.73. The lowest BCUT2D eigenvalue weighted by Gasteiger charge is -2.20. The standard InChI is InChI=1S/C15H17BrN2O2/c1-9(7-16)10(2)18-15-12-6-14-13(19-8-20-14)5-11(12)3-4-17-15/h3-6,9-10H,7-8H2,1-2H3,(H,17,18). The van der Waals surface area contributed by atoms with Crippen LogP contribution in [-0.2, 0) is 0 Å². The first-order chi connectivity index (χ1) is 9.69. The quantitative estimate of drug-likeness (QED) is 0.862. The van der Waals surface area contributed by atoms with Gasteiger partial charge in [-0.3, -0.25) is 0 Å². The molecule has 2 unspecified atom stereocenters. The number of fused-ring (bicyclic) bond motifs is 2. The molecule has 3 rings (SSSR count). The molecule has 0 radical (unpaired) electrons. The number of halogens is 1. The molecule has 0 amide bonds. The lowest BCUT2D eigenvalue weighted by atomic mass is 10.1. The Hall–Kier alpha value is -1.49. The molecule has 1 aliphatic rings. The number of nitrogens with one attached hydrogen (secondary N) is 1. The maximum Gasteiger partial charge on any atom is 0.231 e. The van der Waals surface area contributed by atoms with Crippen molar-refractivity contribution in [2.24, 2.45) is 5.92 Å². The Balaban J connectivity index is 1.99. The zero-order valence-electron chi connectivity index (χ0n) is 11.5. The second kappa shape index (κ2) is 5.48. The fourth-order valence-electron chi connectivity index (χ4n) is 2.17. The van der Waals surface area contributed by atoms with Crippen molar-refractivity contribution in [3.05, 3.63) is 24.4 Å². The fraction of sp³-hybridized carbons (Fsp3) is 0.400. The molecule has 1 N–H and O–H groups in total. The number of aromatic nitrogens is 1. The molecule has 5 heteroatoms. The lowest BCUT2D eigenvalue weighted by Crippen LogP contribution is -2.25. The van der Waals surface area contributed by atoms with Crippen LogP contribution in [0.25, 0.3) is 10.8 Å². The second-order valence-corrected chi connectivity index (χ2v) is 5.80. The zero-order chi connectivity index (χ0) is 14.1. The molecular formula is C15H17BrN2O2. The Morgan fingerprint density at radius 1 is 1.30 bits per heavy atom. The minimum absolute atomic E-state index is 0.291. The highest BCUT2D eigenvalue weighted by Gasteiger charge is 2.17. The zero-order valence-corrected chi connectivity index (χ0v) is 13.1. The van der Waals surface area contributed by atoms with Crippen LogP contribution in [-0.4, -0.2) is 23.1 Å². The van der Waals surface area contributed by atoms with Gasteiger partial charge >= 0.3 is 0 Å². The van der Waals surface area contributed by atoms with Crippen molar-refractivity contribution >= 4 is 32.5 Å². The van der Waals surface area contributed by atoms with E-state index in [9.17, 15) is 0 Å². The highest BCUT2D eigenvalue weighted by molar-refractivity contribution is 9.09. The predicted octanol–water partition coefficient (Wildman–Crippen LogP) is 3.79. The van der Waals surface area contributed by atoms with Crippen LogP contribution in [0.2, 0.25) is 0 Å². The summed E-state index contributed by atoms with van der Waals surface area (Å²) < 4.78 is 10.9. The normalized spacial score (nSPS) is 16.1. The van der Waals surface area contributed by atoms with Crippen LogP contribution in [0.15, 0.2) is 24.4 Å². The van der Waals surface area contributed by atoms with E-state index < -0.39 is 0 Å². The van der Waals surface area contributed by atoms with Crippen LogP contribution < -0.4 is 14.8 Å². The summed E-state index contributed by atoms with van der Waals surface area (Å²) in [6, 6.07) is 6.32. The van der Waals surface area contributed by atoms with Crippen LogP contribution in [0.3, 0.4) is 0 Å². The van der Waals surface area contributed by atoms with E-state index in [1.54, 1.807) is 0 Å². The third-order valence-corrected chi connectivity index (χ3v) is 4.74.